The molecule has 0 saturated carbocycles. The molecule has 1 aliphatic heterocycles. The van der Waals surface area contributed by atoms with Gasteiger partial charge >= 0.3 is 0 Å². The molecule has 28 heavy (non-hydrogen) atoms. The number of rotatable bonds is 2. The SMILES string of the molecule is Cc1cc(C)n(C)c(=O)c1C(=O)N1CCC(c2nc3c(C)cccc3[nH]2)CC1. The number of carbonyl (C=O) groups excluding carboxylic acids is 1. The molecule has 0 spiro atoms. The van der Waals surface area contributed by atoms with Gasteiger partial charge in [0.15, 0.2) is 0 Å². The Morgan fingerprint density at radius 3 is 2.54 bits per heavy atom. The smallest absolute Gasteiger partial charge is 0.263 e. The molecule has 2 aromatic heterocycles. The van der Waals surface area contributed by atoms with Crippen molar-refractivity contribution in [1.29, 1.82) is 0 Å². The van der Waals surface area contributed by atoms with Gasteiger partial charge in [0.2, 0.25) is 0 Å². The largest absolute Gasteiger partial charge is 0.342 e. The first-order chi connectivity index (χ1) is 13.4. The van der Waals surface area contributed by atoms with Crippen molar-refractivity contribution in [3.8, 4) is 0 Å². The zero-order chi connectivity index (χ0) is 20.0. The fraction of sp³-hybridized carbons (Fsp3) is 0.409. The van der Waals surface area contributed by atoms with E-state index in [1.807, 2.05) is 36.9 Å². The highest BCUT2D eigenvalue weighted by molar-refractivity contribution is 5.95. The van der Waals surface area contributed by atoms with Crippen molar-refractivity contribution >= 4 is 16.9 Å². The Morgan fingerprint density at radius 2 is 1.86 bits per heavy atom. The molecular formula is C22H26N4O2. The molecule has 1 amide bonds. The number of hydrogen-bond donors (Lipinski definition) is 1. The Hall–Kier alpha value is -2.89. The Morgan fingerprint density at radius 1 is 1.14 bits per heavy atom. The molecule has 3 aromatic rings. The summed E-state index contributed by atoms with van der Waals surface area (Å²) in [4.78, 5) is 35.7. The quantitative estimate of drug-likeness (QED) is 0.744. The summed E-state index contributed by atoms with van der Waals surface area (Å²) in [6.45, 7) is 7.05. The minimum absolute atomic E-state index is 0.156. The number of aromatic amines is 1. The number of pyridine rings is 1. The molecule has 6 nitrogen and oxygen atoms in total. The highest BCUT2D eigenvalue weighted by Crippen LogP contribution is 2.29. The zero-order valence-electron chi connectivity index (χ0n) is 16.9. The summed E-state index contributed by atoms with van der Waals surface area (Å²) in [5.74, 6) is 1.15. The number of aryl methyl sites for hydroxylation is 3. The molecule has 1 saturated heterocycles. The van der Waals surface area contributed by atoms with Crippen LogP contribution in [0.25, 0.3) is 11.0 Å². The van der Waals surface area contributed by atoms with E-state index in [1.165, 1.54) is 5.56 Å². The van der Waals surface area contributed by atoms with Gasteiger partial charge in [-0.25, -0.2) is 4.98 Å². The highest BCUT2D eigenvalue weighted by atomic mass is 16.2. The van der Waals surface area contributed by atoms with E-state index in [0.29, 0.717) is 24.6 Å². The van der Waals surface area contributed by atoms with Crippen LogP contribution in [0.2, 0.25) is 0 Å². The molecule has 1 N–H and O–H groups in total. The lowest BCUT2D eigenvalue weighted by atomic mass is 9.95. The molecule has 0 atom stereocenters. The lowest BCUT2D eigenvalue weighted by Crippen LogP contribution is -2.41. The standard InChI is InChI=1S/C22H26N4O2/c1-13-6-5-7-17-19(13)24-20(23-17)16-8-10-26(11-9-16)22(28)18-14(2)12-15(3)25(4)21(18)27/h5-7,12,16H,8-11H2,1-4H3,(H,23,24). The van der Waals surface area contributed by atoms with Crippen LogP contribution in [0, 0.1) is 20.8 Å². The van der Waals surface area contributed by atoms with Crippen LogP contribution in [0.1, 0.15) is 51.8 Å². The third kappa shape index (κ3) is 3.03. The van der Waals surface area contributed by atoms with Crippen LogP contribution in [-0.2, 0) is 7.05 Å². The van der Waals surface area contributed by atoms with Gasteiger partial charge in [-0.2, -0.15) is 0 Å². The monoisotopic (exact) mass is 378 g/mol. The van der Waals surface area contributed by atoms with Gasteiger partial charge in [0, 0.05) is 31.7 Å². The Kier molecular flexibility index (Phi) is 4.57. The summed E-state index contributed by atoms with van der Waals surface area (Å²) in [6, 6.07) is 8.05. The molecule has 6 heteroatoms. The Bertz CT molecular complexity index is 1120. The summed E-state index contributed by atoms with van der Waals surface area (Å²) in [5.41, 5.74) is 4.95. The second-order valence-electron chi connectivity index (χ2n) is 7.87. The molecule has 0 unspecified atom stereocenters. The van der Waals surface area contributed by atoms with Crippen LogP contribution in [-0.4, -0.2) is 38.4 Å². The van der Waals surface area contributed by atoms with Crippen LogP contribution in [0.4, 0.5) is 0 Å². The van der Waals surface area contributed by atoms with E-state index in [4.69, 9.17) is 4.98 Å². The van der Waals surface area contributed by atoms with E-state index in [0.717, 1.165) is 41.0 Å². The highest BCUT2D eigenvalue weighted by Gasteiger charge is 2.28. The van der Waals surface area contributed by atoms with Crippen molar-refractivity contribution in [2.45, 2.75) is 39.5 Å². The third-order valence-electron chi connectivity index (χ3n) is 5.98. The van der Waals surface area contributed by atoms with E-state index in [9.17, 15) is 9.59 Å². The van der Waals surface area contributed by atoms with Crippen LogP contribution in [0.3, 0.4) is 0 Å². The molecule has 4 rings (SSSR count). The minimum atomic E-state index is -0.211. The summed E-state index contributed by atoms with van der Waals surface area (Å²) in [6.07, 6.45) is 1.69. The number of amides is 1. The van der Waals surface area contributed by atoms with E-state index in [1.54, 1.807) is 11.6 Å². The molecule has 1 fully saturated rings. The second kappa shape index (κ2) is 6.93. The van der Waals surface area contributed by atoms with Crippen LogP contribution in [0.15, 0.2) is 29.1 Å². The number of carbonyl (C=O) groups is 1. The maximum absolute atomic E-state index is 13.0. The lowest BCUT2D eigenvalue weighted by molar-refractivity contribution is 0.0708. The number of fused-ring (bicyclic) bond motifs is 1. The van der Waals surface area contributed by atoms with Gasteiger partial charge in [0.05, 0.1) is 11.0 Å². The van der Waals surface area contributed by atoms with Gasteiger partial charge in [-0.3, -0.25) is 9.59 Å². The average Bonchev–Trinajstić information content (AvgIpc) is 3.12. The Balaban J connectivity index is 1.53. The zero-order valence-corrected chi connectivity index (χ0v) is 16.9. The molecule has 146 valence electrons. The molecule has 0 aliphatic carbocycles. The van der Waals surface area contributed by atoms with Gasteiger partial charge in [0.25, 0.3) is 11.5 Å². The first kappa shape index (κ1) is 18.5. The van der Waals surface area contributed by atoms with Gasteiger partial charge < -0.3 is 14.5 Å². The molecule has 1 aromatic carbocycles. The van der Waals surface area contributed by atoms with Crippen molar-refractivity contribution in [2.24, 2.45) is 7.05 Å². The van der Waals surface area contributed by atoms with Crippen molar-refractivity contribution in [2.75, 3.05) is 13.1 Å². The van der Waals surface area contributed by atoms with Gasteiger partial charge in [-0.1, -0.05) is 12.1 Å². The van der Waals surface area contributed by atoms with Crippen molar-refractivity contribution in [3.05, 3.63) is 62.8 Å². The number of nitrogens with zero attached hydrogens (tertiary/aromatic N) is 3. The topological polar surface area (TPSA) is 71.0 Å². The minimum Gasteiger partial charge on any atom is -0.342 e. The second-order valence-corrected chi connectivity index (χ2v) is 7.87. The normalized spacial score (nSPS) is 15.4. The van der Waals surface area contributed by atoms with E-state index in [-0.39, 0.29) is 11.5 Å². The van der Waals surface area contributed by atoms with E-state index in [2.05, 4.69) is 18.0 Å². The van der Waals surface area contributed by atoms with Crippen molar-refractivity contribution in [1.82, 2.24) is 19.4 Å². The molecule has 3 heterocycles. The summed E-state index contributed by atoms with van der Waals surface area (Å²) >= 11 is 0. The number of para-hydroxylation sites is 1. The maximum atomic E-state index is 13.0. The Labute approximate surface area is 164 Å². The lowest BCUT2D eigenvalue weighted by Gasteiger charge is -2.31. The average molecular weight is 378 g/mol. The molecular weight excluding hydrogens is 352 g/mol. The van der Waals surface area contributed by atoms with Gasteiger partial charge in [0.1, 0.15) is 11.4 Å². The summed E-state index contributed by atoms with van der Waals surface area (Å²) in [5, 5.41) is 0. The van der Waals surface area contributed by atoms with Gasteiger partial charge in [-0.05, 0) is 56.9 Å². The molecule has 1 aliphatic rings. The van der Waals surface area contributed by atoms with Gasteiger partial charge in [-0.15, -0.1) is 0 Å². The number of imidazole rings is 1. The van der Waals surface area contributed by atoms with Crippen LogP contribution < -0.4 is 5.56 Å². The van der Waals surface area contributed by atoms with E-state index >= 15 is 0 Å². The predicted molar refractivity (Wildman–Crippen MR) is 110 cm³/mol. The molecule has 0 bridgehead atoms. The first-order valence-corrected chi connectivity index (χ1v) is 9.78. The summed E-state index contributed by atoms with van der Waals surface area (Å²) < 4.78 is 1.55. The van der Waals surface area contributed by atoms with E-state index < -0.39 is 0 Å². The van der Waals surface area contributed by atoms with Crippen molar-refractivity contribution < 1.29 is 4.79 Å². The van der Waals surface area contributed by atoms with Crippen LogP contribution >= 0.6 is 0 Å². The van der Waals surface area contributed by atoms with Crippen LogP contribution in [0.5, 0.6) is 0 Å². The number of benzene rings is 1. The predicted octanol–water partition coefficient (Wildman–Crippen LogP) is 3.21. The molecule has 0 radical (unpaired) electrons. The maximum Gasteiger partial charge on any atom is 0.263 e. The summed E-state index contributed by atoms with van der Waals surface area (Å²) in [7, 11) is 1.71. The fourth-order valence-electron chi connectivity index (χ4n) is 4.14. The number of hydrogen-bond acceptors (Lipinski definition) is 3. The van der Waals surface area contributed by atoms with Crippen molar-refractivity contribution in [3.63, 3.8) is 0 Å². The number of piperidine rings is 1. The number of likely N-dealkylation sites (tertiary alicyclic amines) is 1. The third-order valence-corrected chi connectivity index (χ3v) is 5.98. The number of H-pyrrole nitrogens is 1. The number of nitrogens with one attached hydrogen (secondary N) is 1. The number of aromatic nitrogens is 3. The fourth-order valence-corrected chi connectivity index (χ4v) is 4.14. The first-order valence-electron chi connectivity index (χ1n) is 9.78.